The van der Waals surface area contributed by atoms with Crippen molar-refractivity contribution < 1.29 is 39.4 Å². The van der Waals surface area contributed by atoms with Crippen LogP contribution in [0.4, 0.5) is 5.69 Å². The number of aromatic nitrogens is 1. The Morgan fingerprint density at radius 2 is 1.23 bits per heavy atom. The highest BCUT2D eigenvalue weighted by Crippen LogP contribution is 2.50. The van der Waals surface area contributed by atoms with Crippen molar-refractivity contribution in [2.24, 2.45) is 0 Å². The van der Waals surface area contributed by atoms with Crippen LogP contribution < -0.4 is 5.56 Å². The molecule has 2 unspecified atom stereocenters. The summed E-state index contributed by atoms with van der Waals surface area (Å²) in [7, 11) is 0. The van der Waals surface area contributed by atoms with Crippen molar-refractivity contribution in [3.05, 3.63) is 146 Å². The zero-order valence-corrected chi connectivity index (χ0v) is 22.2. The first kappa shape index (κ1) is 29.4. The summed E-state index contributed by atoms with van der Waals surface area (Å²) in [4.78, 5) is 65.5. The first-order valence-corrected chi connectivity index (χ1v) is 13.0. The van der Waals surface area contributed by atoms with Gasteiger partial charge in [0.2, 0.25) is 17.2 Å². The van der Waals surface area contributed by atoms with Gasteiger partial charge in [-0.3, -0.25) is 33.9 Å². The Morgan fingerprint density at radius 3 is 1.72 bits per heavy atom. The first-order chi connectivity index (χ1) is 20.5. The molecule has 1 aliphatic rings. The third-order valence-electron chi connectivity index (χ3n) is 7.39. The lowest BCUT2D eigenvalue weighted by molar-refractivity contribution is -0.385. The van der Waals surface area contributed by atoms with E-state index in [1.165, 1.54) is 72.8 Å². The molecule has 1 aliphatic heterocycles. The number of hydrogen-bond acceptors (Lipinski definition) is 10. The van der Waals surface area contributed by atoms with Gasteiger partial charge in [-0.25, -0.2) is 0 Å². The predicted octanol–water partition coefficient (Wildman–Crippen LogP) is 2.13. The highest BCUT2D eigenvalue weighted by molar-refractivity contribution is 6.14. The fraction of sp³-hybridized carbons (Fsp3) is 0.161. The number of ketones is 3. The highest BCUT2D eigenvalue weighted by Gasteiger charge is 2.75. The molecule has 3 aromatic carbocycles. The van der Waals surface area contributed by atoms with E-state index in [1.807, 2.05) is 0 Å². The smallest absolute Gasteiger partial charge is 0.285 e. The Bertz CT molecular complexity index is 1760. The molecule has 0 bridgehead atoms. The summed E-state index contributed by atoms with van der Waals surface area (Å²) in [5.41, 5.74) is -9.02. The third-order valence-corrected chi connectivity index (χ3v) is 7.39. The molecule has 5 atom stereocenters. The molecule has 3 N–H and O–H groups in total. The average molecular weight is 585 g/mol. The first-order valence-electron chi connectivity index (χ1n) is 13.0. The molecule has 1 saturated heterocycles. The van der Waals surface area contributed by atoms with Gasteiger partial charge in [0, 0.05) is 28.8 Å². The number of pyridine rings is 1. The number of aliphatic hydroxyl groups is 3. The molecule has 1 aromatic heterocycles. The largest absolute Gasteiger partial charge is 0.382 e. The maximum absolute atomic E-state index is 14.2. The minimum Gasteiger partial charge on any atom is -0.382 e. The Balaban J connectivity index is 1.80. The second-order valence-electron chi connectivity index (χ2n) is 9.90. The molecule has 0 spiro atoms. The van der Waals surface area contributed by atoms with Gasteiger partial charge in [-0.15, -0.1) is 0 Å². The van der Waals surface area contributed by atoms with E-state index in [4.69, 9.17) is 4.74 Å². The van der Waals surface area contributed by atoms with Crippen LogP contribution in [0.5, 0.6) is 0 Å². The number of hydrogen-bond donors (Lipinski definition) is 3. The maximum Gasteiger partial charge on any atom is 0.285 e. The molecule has 0 aliphatic carbocycles. The lowest BCUT2D eigenvalue weighted by Gasteiger charge is -2.39. The van der Waals surface area contributed by atoms with Gasteiger partial charge in [-0.2, -0.15) is 0 Å². The average Bonchev–Trinajstić information content (AvgIpc) is 3.28. The molecule has 12 heteroatoms. The summed E-state index contributed by atoms with van der Waals surface area (Å²) in [6.45, 7) is 0. The number of carbonyl (C=O) groups excluding carboxylic acids is 3. The summed E-state index contributed by atoms with van der Waals surface area (Å²) in [5, 5.41) is 47.7. The molecule has 0 amide bonds. The lowest BCUT2D eigenvalue weighted by Crippen LogP contribution is -2.69. The number of Topliss-reactive ketones (excluding diaryl/α,β-unsaturated/α-hetero) is 3. The van der Waals surface area contributed by atoms with Crippen molar-refractivity contribution >= 4 is 23.0 Å². The van der Waals surface area contributed by atoms with Gasteiger partial charge in [-0.05, 0) is 0 Å². The molecule has 4 aromatic rings. The molecule has 0 radical (unpaired) electrons. The van der Waals surface area contributed by atoms with Crippen LogP contribution in [0.15, 0.2) is 114 Å². The van der Waals surface area contributed by atoms with Gasteiger partial charge >= 0.3 is 0 Å². The number of carbonyl (C=O) groups is 3. The van der Waals surface area contributed by atoms with Crippen LogP contribution in [0.3, 0.4) is 0 Å². The van der Waals surface area contributed by atoms with Crippen LogP contribution in [0, 0.1) is 10.1 Å². The molecule has 218 valence electrons. The second-order valence-corrected chi connectivity index (χ2v) is 9.90. The molecular formula is C31H24N2O10. The predicted molar refractivity (Wildman–Crippen MR) is 149 cm³/mol. The zero-order valence-electron chi connectivity index (χ0n) is 22.2. The van der Waals surface area contributed by atoms with Crippen molar-refractivity contribution in [3.8, 4) is 0 Å². The fourth-order valence-electron chi connectivity index (χ4n) is 5.21. The van der Waals surface area contributed by atoms with E-state index in [0.29, 0.717) is 10.8 Å². The number of benzene rings is 3. The van der Waals surface area contributed by atoms with Gasteiger partial charge in [-0.1, -0.05) is 91.0 Å². The Kier molecular flexibility index (Phi) is 7.69. The van der Waals surface area contributed by atoms with E-state index in [2.05, 4.69) is 0 Å². The van der Waals surface area contributed by atoms with E-state index in [0.717, 1.165) is 12.1 Å². The molecule has 43 heavy (non-hydrogen) atoms. The van der Waals surface area contributed by atoms with E-state index < -0.39 is 63.2 Å². The molecule has 2 heterocycles. The minimum atomic E-state index is -3.42. The van der Waals surface area contributed by atoms with Gasteiger partial charge in [0.05, 0.1) is 11.1 Å². The Labute approximate surface area is 243 Å². The SMILES string of the molecule is O=C(c1ccccc1)C(O)[C@H]1OC(n2cc([N+](=O)[O-])ccc2=O)[C@@](O)(C(=O)c2ccccc2)[C@@]1(O)C(=O)c1ccccc1. The number of ether oxygens (including phenoxy) is 1. The van der Waals surface area contributed by atoms with E-state index in [1.54, 1.807) is 18.2 Å². The second kappa shape index (κ2) is 11.3. The zero-order chi connectivity index (χ0) is 30.9. The Hall–Kier alpha value is -5.14. The van der Waals surface area contributed by atoms with E-state index in [9.17, 15) is 44.6 Å². The number of nitrogens with zero attached hydrogens (tertiary/aromatic N) is 2. The van der Waals surface area contributed by atoms with Crippen LogP contribution in [0.2, 0.25) is 0 Å². The quantitative estimate of drug-likeness (QED) is 0.149. The summed E-state index contributed by atoms with van der Waals surface area (Å²) >= 11 is 0. The molecule has 1 fully saturated rings. The minimum absolute atomic E-state index is 0.0537. The number of aliphatic hydroxyl groups excluding tert-OH is 1. The molecule has 12 nitrogen and oxygen atoms in total. The van der Waals surface area contributed by atoms with Gasteiger partial charge in [0.15, 0.2) is 17.6 Å². The lowest BCUT2D eigenvalue weighted by atomic mass is 9.69. The fourth-order valence-corrected chi connectivity index (χ4v) is 5.21. The summed E-state index contributed by atoms with van der Waals surface area (Å²) in [5.74, 6) is -3.66. The van der Waals surface area contributed by atoms with Crippen molar-refractivity contribution in [1.82, 2.24) is 4.57 Å². The van der Waals surface area contributed by atoms with Crippen LogP contribution >= 0.6 is 0 Å². The maximum atomic E-state index is 14.2. The Morgan fingerprint density at radius 1 is 0.767 bits per heavy atom. The molecular weight excluding hydrogens is 560 g/mol. The van der Waals surface area contributed by atoms with Crippen molar-refractivity contribution in [1.29, 1.82) is 0 Å². The van der Waals surface area contributed by atoms with Crippen LogP contribution in [-0.2, 0) is 4.74 Å². The normalized spacial score (nSPS) is 23.8. The van der Waals surface area contributed by atoms with Crippen molar-refractivity contribution in [3.63, 3.8) is 0 Å². The van der Waals surface area contributed by atoms with Gasteiger partial charge in [0.25, 0.3) is 11.2 Å². The molecule has 5 rings (SSSR count). The molecule has 0 saturated carbocycles. The summed E-state index contributed by atoms with van der Waals surface area (Å²) in [6.07, 6.45) is -6.37. The van der Waals surface area contributed by atoms with Crippen molar-refractivity contribution in [2.75, 3.05) is 0 Å². The van der Waals surface area contributed by atoms with Crippen LogP contribution in [0.1, 0.15) is 37.3 Å². The third kappa shape index (κ3) is 4.77. The van der Waals surface area contributed by atoms with E-state index >= 15 is 0 Å². The summed E-state index contributed by atoms with van der Waals surface area (Å²) < 4.78 is 6.29. The number of rotatable bonds is 9. The summed E-state index contributed by atoms with van der Waals surface area (Å²) in [6, 6.07) is 22.9. The monoisotopic (exact) mass is 584 g/mol. The van der Waals surface area contributed by atoms with Gasteiger partial charge < -0.3 is 20.1 Å². The van der Waals surface area contributed by atoms with Crippen LogP contribution in [0.25, 0.3) is 0 Å². The topological polar surface area (TPSA) is 186 Å². The number of nitro groups is 1. The highest BCUT2D eigenvalue weighted by atomic mass is 16.6. The standard InChI is InChI=1S/C31H24N2O10/c34-23-17-16-22(33(41)42)18-32(23)29-31(40,27(38)21-14-8-3-9-15-21)30(39,26(37)20-12-6-2-7-13-20)28(43-29)25(36)24(35)19-10-4-1-5-11-19/h1-18,25,28-29,36,39-40H/t25?,28-,29?,30-,31+/m1/s1. The van der Waals surface area contributed by atoms with Crippen molar-refractivity contribution in [2.45, 2.75) is 29.6 Å². The van der Waals surface area contributed by atoms with Gasteiger partial charge in [0.1, 0.15) is 12.2 Å². The van der Waals surface area contributed by atoms with E-state index in [-0.39, 0.29) is 16.7 Å². The van der Waals surface area contributed by atoms with Crippen LogP contribution in [-0.4, -0.2) is 65.6 Å².